The van der Waals surface area contributed by atoms with Gasteiger partial charge in [0.05, 0.1) is 0 Å². The second-order valence-corrected chi connectivity index (χ2v) is 16.2. The van der Waals surface area contributed by atoms with Crippen LogP contribution < -0.4 is 27.1 Å². The Labute approximate surface area is 293 Å². The van der Waals surface area contributed by atoms with Crippen molar-refractivity contribution in [3.8, 4) is 34.5 Å². The van der Waals surface area contributed by atoms with Gasteiger partial charge >= 0.3 is 23.3 Å². The summed E-state index contributed by atoms with van der Waals surface area (Å²) >= 11 is 0. The topological polar surface area (TPSA) is 104 Å². The van der Waals surface area contributed by atoms with Crippen molar-refractivity contribution in [2.45, 2.75) is 12.7 Å². The van der Waals surface area contributed by atoms with Crippen molar-refractivity contribution < 1.29 is 27.1 Å². The van der Waals surface area contributed by atoms with Gasteiger partial charge in [0, 0.05) is 0 Å². The van der Waals surface area contributed by atoms with E-state index in [9.17, 15) is 5.16 Å². The van der Waals surface area contributed by atoms with Crippen LogP contribution in [0.5, 0.6) is 34.5 Å². The molecule has 0 saturated carbocycles. The predicted molar refractivity (Wildman–Crippen MR) is 202 cm³/mol. The van der Waals surface area contributed by atoms with Gasteiger partial charge in [-0.25, -0.2) is 9.91 Å². The van der Waals surface area contributed by atoms with Crippen LogP contribution in [0.25, 0.3) is 0 Å². The third-order valence-electron chi connectivity index (χ3n) is 6.81. The van der Waals surface area contributed by atoms with Gasteiger partial charge in [-0.05, 0) is 79.7 Å². The molecule has 0 radical (unpaired) electrons. The zero-order valence-electron chi connectivity index (χ0n) is 27.1. The summed E-state index contributed by atoms with van der Waals surface area (Å²) in [4.78, 5) is 0. The first-order valence-corrected chi connectivity index (χ1v) is 20.3. The summed E-state index contributed by atoms with van der Waals surface area (Å²) in [6.07, 6.45) is 0. The van der Waals surface area contributed by atoms with Gasteiger partial charge in [-0.1, -0.05) is 109 Å². The fourth-order valence-electron chi connectivity index (χ4n) is 4.49. The van der Waals surface area contributed by atoms with E-state index in [-0.39, 0.29) is 0 Å². The molecule has 1 atom stereocenters. The van der Waals surface area contributed by atoms with Crippen LogP contribution in [0, 0.1) is 5.16 Å². The predicted octanol–water partition coefficient (Wildman–Crippen LogP) is 12.6. The van der Waals surface area contributed by atoms with Crippen LogP contribution in [0.4, 0.5) is 0 Å². The molecule has 0 fully saturated rings. The SMILES string of the molecule is CC(N=[PH](Oc1ccccc1)Oc1ccccc1)P(=NP(=N)(Oc1ccccc1)Oc1ccccc1)(Oc1ccccc1)Oc1ccccc1. The maximum atomic E-state index is 9.79. The molecule has 0 spiro atoms. The Bertz CT molecular complexity index is 1930. The molecule has 254 valence electrons. The van der Waals surface area contributed by atoms with E-state index in [1.807, 2.05) is 140 Å². The first-order chi connectivity index (χ1) is 24.5. The van der Waals surface area contributed by atoms with Crippen molar-refractivity contribution >= 4 is 23.3 Å². The summed E-state index contributed by atoms with van der Waals surface area (Å²) in [6, 6.07) is 55.1. The minimum absolute atomic E-state index is 0.405. The monoisotopic (exact) mass is 723 g/mol. The van der Waals surface area contributed by atoms with Crippen molar-refractivity contribution in [3.05, 3.63) is 182 Å². The molecule has 12 heteroatoms. The number of nitrogens with one attached hydrogen (secondary N) is 1. The van der Waals surface area contributed by atoms with E-state index in [0.717, 1.165) is 0 Å². The number of hydrogen-bond donors (Lipinski definition) is 1. The zero-order valence-corrected chi connectivity index (χ0v) is 29.9. The lowest BCUT2D eigenvalue weighted by molar-refractivity contribution is 0.447. The molecule has 50 heavy (non-hydrogen) atoms. The van der Waals surface area contributed by atoms with Crippen LogP contribution in [-0.2, 0) is 0 Å². The highest BCUT2D eigenvalue weighted by atomic mass is 31.2. The fourth-order valence-corrected chi connectivity index (χ4v) is 11.0. The maximum Gasteiger partial charge on any atom is 0.445 e. The lowest BCUT2D eigenvalue weighted by atomic mass is 10.3. The van der Waals surface area contributed by atoms with Crippen molar-refractivity contribution in [3.63, 3.8) is 0 Å². The molecular weight excluding hydrogens is 687 g/mol. The molecule has 0 aliphatic heterocycles. The summed E-state index contributed by atoms with van der Waals surface area (Å²) in [5.74, 6) is 2.07. The molecule has 0 aliphatic carbocycles. The van der Waals surface area contributed by atoms with E-state index < -0.39 is 29.1 Å². The van der Waals surface area contributed by atoms with Crippen LogP contribution in [0.15, 0.2) is 191 Å². The standard InChI is InChI=1S/C38H36N3O6P3/c1-32(40-48(42-33-20-8-2-9-21-33)43-34-22-10-3-11-23-34)49(44-35-24-12-4-13-25-35,45-36-26-14-5-15-27-36)41-50(39,46-37-28-16-6-17-29-37)47-38-30-18-7-19-31-38/h2-32,39,48H,1H3. The maximum absolute atomic E-state index is 9.79. The fraction of sp³-hybridized carbons (Fsp3) is 0.0526. The van der Waals surface area contributed by atoms with Crippen LogP contribution in [0.2, 0.25) is 0 Å². The molecule has 1 unspecified atom stereocenters. The summed E-state index contributed by atoms with van der Waals surface area (Å²) in [5, 5.41) is 9.79. The third-order valence-corrected chi connectivity index (χ3v) is 13.3. The van der Waals surface area contributed by atoms with E-state index in [1.54, 1.807) is 48.5 Å². The van der Waals surface area contributed by atoms with E-state index in [0.29, 0.717) is 34.5 Å². The van der Waals surface area contributed by atoms with E-state index in [1.165, 1.54) is 0 Å². The summed E-state index contributed by atoms with van der Waals surface area (Å²) < 4.78 is 49.3. The summed E-state index contributed by atoms with van der Waals surface area (Å²) in [6.45, 7) is 1.83. The molecule has 0 amide bonds. The first-order valence-electron chi connectivity index (χ1n) is 15.8. The molecule has 1 N–H and O–H groups in total. The normalized spacial score (nSPS) is 11.9. The average Bonchev–Trinajstić information content (AvgIpc) is 3.14. The second kappa shape index (κ2) is 17.0. The van der Waals surface area contributed by atoms with E-state index in [2.05, 4.69) is 0 Å². The number of hydrogen-bond acceptors (Lipinski definition) is 8. The molecule has 0 heterocycles. The Morgan fingerprint density at radius 2 is 0.720 bits per heavy atom. The third kappa shape index (κ3) is 9.93. The second-order valence-electron chi connectivity index (χ2n) is 10.6. The van der Waals surface area contributed by atoms with Gasteiger partial charge in [0.1, 0.15) is 34.5 Å². The first kappa shape index (κ1) is 34.7. The van der Waals surface area contributed by atoms with Crippen molar-refractivity contribution in [1.82, 2.24) is 0 Å². The van der Waals surface area contributed by atoms with Gasteiger partial charge in [-0.15, -0.1) is 4.52 Å². The summed E-state index contributed by atoms with van der Waals surface area (Å²) in [5.41, 5.74) is 0. The smallest absolute Gasteiger partial charge is 0.432 e. The molecule has 6 aromatic carbocycles. The van der Waals surface area contributed by atoms with Gasteiger partial charge in [0.2, 0.25) is 0 Å². The number of nitrogens with zero attached hydrogens (tertiary/aromatic N) is 2. The molecule has 0 bridgehead atoms. The largest absolute Gasteiger partial charge is 0.445 e. The van der Waals surface area contributed by atoms with Gasteiger partial charge in [0.25, 0.3) is 0 Å². The molecule has 9 nitrogen and oxygen atoms in total. The molecule has 6 aromatic rings. The van der Waals surface area contributed by atoms with Crippen molar-refractivity contribution in [1.29, 1.82) is 5.16 Å². The van der Waals surface area contributed by atoms with Crippen LogP contribution in [-0.4, -0.2) is 5.78 Å². The van der Waals surface area contributed by atoms with Crippen molar-refractivity contribution in [2.24, 2.45) is 9.26 Å². The Balaban J connectivity index is 1.55. The quantitative estimate of drug-likeness (QED) is 0.106. The van der Waals surface area contributed by atoms with E-state index >= 15 is 0 Å². The highest BCUT2D eigenvalue weighted by Crippen LogP contribution is 2.66. The Morgan fingerprint density at radius 3 is 1.04 bits per heavy atom. The highest BCUT2D eigenvalue weighted by molar-refractivity contribution is 7.68. The molecule has 6 rings (SSSR count). The molecular formula is C38H36N3O6P3. The highest BCUT2D eigenvalue weighted by Gasteiger charge is 2.40. The van der Waals surface area contributed by atoms with Gasteiger partial charge < -0.3 is 27.1 Å². The lowest BCUT2D eigenvalue weighted by Gasteiger charge is -2.31. The van der Waals surface area contributed by atoms with E-state index in [4.69, 9.17) is 36.4 Å². The average molecular weight is 724 g/mol. The summed E-state index contributed by atoms with van der Waals surface area (Å²) in [7, 11) is -10.2. The zero-order chi connectivity index (χ0) is 34.5. The molecule has 0 aromatic heterocycles. The van der Waals surface area contributed by atoms with Gasteiger partial charge in [-0.3, -0.25) is 0 Å². The van der Waals surface area contributed by atoms with Crippen molar-refractivity contribution in [2.75, 3.05) is 0 Å². The van der Waals surface area contributed by atoms with Crippen LogP contribution in [0.3, 0.4) is 0 Å². The van der Waals surface area contributed by atoms with Crippen LogP contribution in [0.1, 0.15) is 6.92 Å². The minimum Gasteiger partial charge on any atom is -0.432 e. The molecule has 0 aliphatic rings. The Morgan fingerprint density at radius 1 is 0.440 bits per heavy atom. The van der Waals surface area contributed by atoms with Crippen LogP contribution >= 0.6 is 23.3 Å². The lowest BCUT2D eigenvalue weighted by Crippen LogP contribution is -2.14. The van der Waals surface area contributed by atoms with Gasteiger partial charge in [-0.2, -0.15) is 0 Å². The number of para-hydroxylation sites is 6. The Hall–Kier alpha value is -5.19. The Kier molecular flexibility index (Phi) is 11.8. The van der Waals surface area contributed by atoms with Gasteiger partial charge in [0.15, 0.2) is 5.78 Å². The number of rotatable bonds is 15. The number of benzene rings is 6. The molecule has 0 saturated heterocycles. The minimum atomic E-state index is -3.99.